The van der Waals surface area contributed by atoms with Crippen molar-refractivity contribution in [3.8, 4) is 0 Å². The molecule has 2 heteroatoms. The van der Waals surface area contributed by atoms with Crippen LogP contribution in [0.3, 0.4) is 0 Å². The van der Waals surface area contributed by atoms with Crippen LogP contribution in [-0.4, -0.2) is 6.61 Å². The first-order valence-electron chi connectivity index (χ1n) is 4.77. The third-order valence-electron chi connectivity index (χ3n) is 2.49. The number of hydrogen-bond donors (Lipinski definition) is 0. The van der Waals surface area contributed by atoms with Crippen molar-refractivity contribution in [2.75, 3.05) is 6.61 Å². The average molecular weight is 193 g/mol. The van der Waals surface area contributed by atoms with Crippen LogP contribution in [0.4, 0.5) is 0 Å². The Morgan fingerprint density at radius 1 is 1.14 bits per heavy atom. The lowest BCUT2D eigenvalue weighted by atomic mass is 9.76. The maximum atomic E-state index is 5.16. The van der Waals surface area contributed by atoms with Crippen LogP contribution in [-0.2, 0) is 9.78 Å². The highest BCUT2D eigenvalue weighted by Crippen LogP contribution is 2.45. The van der Waals surface area contributed by atoms with Gasteiger partial charge in [0.1, 0.15) is 6.10 Å². The second kappa shape index (κ2) is 5.13. The van der Waals surface area contributed by atoms with E-state index in [1.165, 1.54) is 0 Å². The Morgan fingerprint density at radius 3 is 2.29 bits per heavy atom. The van der Waals surface area contributed by atoms with Crippen molar-refractivity contribution in [1.29, 1.82) is 0 Å². The van der Waals surface area contributed by atoms with Crippen LogP contribution in [0, 0.1) is 11.5 Å². The molecule has 14 heavy (non-hydrogen) atoms. The van der Waals surface area contributed by atoms with Gasteiger partial charge in [0, 0.05) is 11.8 Å². The largest absolute Gasteiger partial charge is 0.235 e. The lowest BCUT2D eigenvalue weighted by molar-refractivity contribution is -0.244. The molecule has 1 aliphatic rings. The average Bonchev–Trinajstić information content (AvgIpc) is 2.51. The van der Waals surface area contributed by atoms with Gasteiger partial charge in [0.15, 0.2) is 0 Å². The molecular formula is C12H17O2. The van der Waals surface area contributed by atoms with Gasteiger partial charge in [0.25, 0.3) is 0 Å². The molecule has 2 nitrogen and oxygen atoms in total. The lowest BCUT2D eigenvalue weighted by Crippen LogP contribution is -2.26. The molecule has 77 valence electrons. The quantitative estimate of drug-likeness (QED) is 0.476. The highest BCUT2D eigenvalue weighted by molar-refractivity contribution is 5.09. The minimum Gasteiger partial charge on any atom is -0.235 e. The van der Waals surface area contributed by atoms with Gasteiger partial charge in [0.05, 0.1) is 6.61 Å². The number of hydrogen-bond acceptors (Lipinski definition) is 2. The molecule has 0 unspecified atom stereocenters. The Labute approximate surface area is 85.8 Å². The van der Waals surface area contributed by atoms with E-state index in [4.69, 9.17) is 9.78 Å². The van der Waals surface area contributed by atoms with Crippen molar-refractivity contribution < 1.29 is 9.78 Å². The molecule has 0 spiro atoms. The van der Waals surface area contributed by atoms with Gasteiger partial charge in [-0.05, 0) is 12.8 Å². The molecular weight excluding hydrogens is 176 g/mol. The maximum absolute atomic E-state index is 5.16. The Hall–Kier alpha value is -0.860. The summed E-state index contributed by atoms with van der Waals surface area (Å²) < 4.78 is 0. The predicted molar refractivity (Wildman–Crippen MR) is 57.2 cm³/mol. The maximum Gasteiger partial charge on any atom is 0.148 e. The topological polar surface area (TPSA) is 18.5 Å². The monoisotopic (exact) mass is 193 g/mol. The molecule has 0 saturated carbocycles. The summed E-state index contributed by atoms with van der Waals surface area (Å²) in [6.07, 6.45) is 8.97. The van der Waals surface area contributed by atoms with E-state index in [1.807, 2.05) is 18.2 Å². The molecule has 1 heterocycles. The van der Waals surface area contributed by atoms with Crippen LogP contribution < -0.4 is 0 Å². The van der Waals surface area contributed by atoms with Crippen molar-refractivity contribution in [3.05, 3.63) is 44.1 Å². The van der Waals surface area contributed by atoms with E-state index in [0.29, 0.717) is 6.61 Å². The standard InChI is InChI=1S/C12H17O2/c1-4-7-11-12(8-5-2,9-6-3)10-13-14-11/h4-6H,1-3,7-10H2. The molecule has 1 saturated heterocycles. The summed E-state index contributed by atoms with van der Waals surface area (Å²) in [6.45, 7) is 11.8. The Morgan fingerprint density at radius 2 is 1.79 bits per heavy atom. The molecule has 0 N–H and O–H groups in total. The third-order valence-corrected chi connectivity index (χ3v) is 2.49. The summed E-state index contributed by atoms with van der Waals surface area (Å²) in [7, 11) is 0. The first kappa shape index (κ1) is 11.2. The van der Waals surface area contributed by atoms with Crippen molar-refractivity contribution in [3.63, 3.8) is 0 Å². The van der Waals surface area contributed by atoms with Crippen molar-refractivity contribution in [2.45, 2.75) is 19.3 Å². The second-order valence-electron chi connectivity index (χ2n) is 3.53. The smallest absolute Gasteiger partial charge is 0.148 e. The Bertz CT molecular complexity index is 210. The van der Waals surface area contributed by atoms with Gasteiger partial charge in [-0.25, -0.2) is 9.78 Å². The molecule has 0 aromatic heterocycles. The lowest BCUT2D eigenvalue weighted by Gasteiger charge is -2.27. The highest BCUT2D eigenvalue weighted by Gasteiger charge is 2.44. The van der Waals surface area contributed by atoms with Crippen LogP contribution in [0.25, 0.3) is 0 Å². The summed E-state index contributed by atoms with van der Waals surface area (Å²) in [4.78, 5) is 10.2. The molecule has 0 atom stereocenters. The van der Waals surface area contributed by atoms with Crippen molar-refractivity contribution in [2.24, 2.45) is 5.41 Å². The van der Waals surface area contributed by atoms with E-state index in [2.05, 4.69) is 19.7 Å². The summed E-state index contributed by atoms with van der Waals surface area (Å²) >= 11 is 0. The number of allylic oxidation sites excluding steroid dienone is 2. The fourth-order valence-electron chi connectivity index (χ4n) is 1.75. The van der Waals surface area contributed by atoms with E-state index in [9.17, 15) is 0 Å². The van der Waals surface area contributed by atoms with E-state index in [0.717, 1.165) is 25.4 Å². The van der Waals surface area contributed by atoms with Gasteiger partial charge in [-0.1, -0.05) is 18.2 Å². The molecule has 0 bridgehead atoms. The van der Waals surface area contributed by atoms with Crippen LogP contribution in [0.15, 0.2) is 38.0 Å². The molecule has 1 fully saturated rings. The van der Waals surface area contributed by atoms with Crippen molar-refractivity contribution in [1.82, 2.24) is 0 Å². The van der Waals surface area contributed by atoms with E-state index >= 15 is 0 Å². The minimum absolute atomic E-state index is 0.0717. The molecule has 1 rings (SSSR count). The van der Waals surface area contributed by atoms with Crippen molar-refractivity contribution >= 4 is 0 Å². The summed E-state index contributed by atoms with van der Waals surface area (Å²) in [6, 6.07) is 0. The van der Waals surface area contributed by atoms with Crippen LogP contribution in [0.5, 0.6) is 0 Å². The normalized spacial score (nSPS) is 20.6. The molecule has 1 aliphatic heterocycles. The highest BCUT2D eigenvalue weighted by atomic mass is 17.2. The Balaban J connectivity index is 2.75. The first-order valence-corrected chi connectivity index (χ1v) is 4.77. The zero-order valence-electron chi connectivity index (χ0n) is 8.50. The third kappa shape index (κ3) is 2.14. The molecule has 0 aromatic carbocycles. The molecule has 1 radical (unpaired) electrons. The van der Waals surface area contributed by atoms with E-state index < -0.39 is 0 Å². The van der Waals surface area contributed by atoms with Gasteiger partial charge in [-0.2, -0.15) is 0 Å². The molecule has 0 amide bonds. The fourth-order valence-corrected chi connectivity index (χ4v) is 1.75. The fraction of sp³-hybridized carbons (Fsp3) is 0.417. The molecule has 0 aliphatic carbocycles. The van der Waals surface area contributed by atoms with E-state index in [-0.39, 0.29) is 5.41 Å². The van der Waals surface area contributed by atoms with Gasteiger partial charge in [0.2, 0.25) is 0 Å². The molecule has 0 aromatic rings. The van der Waals surface area contributed by atoms with Gasteiger partial charge >= 0.3 is 0 Å². The zero-order valence-corrected chi connectivity index (χ0v) is 8.50. The van der Waals surface area contributed by atoms with Gasteiger partial charge in [-0.3, -0.25) is 0 Å². The minimum atomic E-state index is -0.0717. The number of rotatable bonds is 6. The predicted octanol–water partition coefficient (Wildman–Crippen LogP) is 3.19. The van der Waals surface area contributed by atoms with E-state index in [1.54, 1.807) is 0 Å². The SMILES string of the molecule is C=CC[C]1OOCC1(CC=C)CC=C. The van der Waals surface area contributed by atoms with Gasteiger partial charge < -0.3 is 0 Å². The van der Waals surface area contributed by atoms with Gasteiger partial charge in [-0.15, -0.1) is 19.7 Å². The summed E-state index contributed by atoms with van der Waals surface area (Å²) in [5.41, 5.74) is -0.0717. The Kier molecular flexibility index (Phi) is 4.11. The van der Waals surface area contributed by atoms with Crippen LogP contribution in [0.2, 0.25) is 0 Å². The summed E-state index contributed by atoms with van der Waals surface area (Å²) in [5.74, 6) is 0. The second-order valence-corrected chi connectivity index (χ2v) is 3.53. The zero-order chi connectivity index (χ0) is 10.4. The summed E-state index contributed by atoms with van der Waals surface area (Å²) in [5, 5.41) is 0. The van der Waals surface area contributed by atoms with Crippen LogP contribution >= 0.6 is 0 Å². The van der Waals surface area contributed by atoms with Crippen LogP contribution in [0.1, 0.15) is 19.3 Å². The first-order chi connectivity index (χ1) is 6.79.